The SMILES string of the molecule is Cc1sc2ncn(Cc3noc(-c4ccc(F)cc4)c3C)c(=O)c2c1C. The monoisotopic (exact) mass is 369 g/mol. The van der Waals surface area contributed by atoms with E-state index in [9.17, 15) is 9.18 Å². The van der Waals surface area contributed by atoms with Crippen LogP contribution >= 0.6 is 11.3 Å². The van der Waals surface area contributed by atoms with Gasteiger partial charge in [0.1, 0.15) is 16.3 Å². The van der Waals surface area contributed by atoms with E-state index in [1.165, 1.54) is 23.5 Å². The number of aromatic nitrogens is 3. The first-order valence-corrected chi connectivity index (χ1v) is 8.93. The maximum absolute atomic E-state index is 13.1. The average Bonchev–Trinajstić information content (AvgIpc) is 3.12. The Labute approximate surface area is 152 Å². The third kappa shape index (κ3) is 2.64. The van der Waals surface area contributed by atoms with Gasteiger partial charge in [-0.15, -0.1) is 11.3 Å². The highest BCUT2D eigenvalue weighted by molar-refractivity contribution is 7.18. The maximum Gasteiger partial charge on any atom is 0.262 e. The Bertz CT molecular complexity index is 1170. The van der Waals surface area contributed by atoms with Crippen molar-refractivity contribution in [3.8, 4) is 11.3 Å². The van der Waals surface area contributed by atoms with Crippen LogP contribution in [-0.4, -0.2) is 14.7 Å². The summed E-state index contributed by atoms with van der Waals surface area (Å²) in [6, 6.07) is 6.04. The molecule has 4 rings (SSSR count). The maximum atomic E-state index is 13.1. The van der Waals surface area contributed by atoms with Gasteiger partial charge >= 0.3 is 0 Å². The molecule has 26 heavy (non-hydrogen) atoms. The van der Waals surface area contributed by atoms with Gasteiger partial charge in [-0.1, -0.05) is 5.16 Å². The minimum absolute atomic E-state index is 0.0809. The molecule has 132 valence electrons. The molecule has 0 unspecified atom stereocenters. The molecule has 0 bridgehead atoms. The van der Waals surface area contributed by atoms with Crippen molar-refractivity contribution >= 4 is 21.6 Å². The second-order valence-electron chi connectivity index (χ2n) is 6.23. The number of thiophene rings is 1. The van der Waals surface area contributed by atoms with Gasteiger partial charge in [0.05, 0.1) is 18.3 Å². The second-order valence-corrected chi connectivity index (χ2v) is 7.43. The lowest BCUT2D eigenvalue weighted by atomic mass is 10.1. The number of hydrogen-bond acceptors (Lipinski definition) is 5. The highest BCUT2D eigenvalue weighted by Crippen LogP contribution is 2.27. The molecule has 0 radical (unpaired) electrons. The van der Waals surface area contributed by atoms with E-state index in [1.54, 1.807) is 23.0 Å². The van der Waals surface area contributed by atoms with Gasteiger partial charge in [0.2, 0.25) is 0 Å². The van der Waals surface area contributed by atoms with Crippen LogP contribution in [0.3, 0.4) is 0 Å². The number of aryl methyl sites for hydroxylation is 2. The Kier molecular flexibility index (Phi) is 3.96. The van der Waals surface area contributed by atoms with Crippen LogP contribution in [0.15, 0.2) is 39.9 Å². The smallest absolute Gasteiger partial charge is 0.262 e. The predicted octanol–water partition coefficient (Wildman–Crippen LogP) is 4.23. The fourth-order valence-corrected chi connectivity index (χ4v) is 3.92. The molecule has 0 fully saturated rings. The van der Waals surface area contributed by atoms with E-state index >= 15 is 0 Å². The normalized spacial score (nSPS) is 11.4. The summed E-state index contributed by atoms with van der Waals surface area (Å²) in [5, 5.41) is 4.77. The highest BCUT2D eigenvalue weighted by Gasteiger charge is 2.17. The molecule has 0 saturated heterocycles. The van der Waals surface area contributed by atoms with Crippen LogP contribution in [0.4, 0.5) is 4.39 Å². The Morgan fingerprint density at radius 3 is 2.62 bits per heavy atom. The van der Waals surface area contributed by atoms with Gasteiger partial charge in [0, 0.05) is 16.0 Å². The lowest BCUT2D eigenvalue weighted by Crippen LogP contribution is -2.21. The Hall–Kier alpha value is -2.80. The lowest BCUT2D eigenvalue weighted by molar-refractivity contribution is 0.420. The van der Waals surface area contributed by atoms with E-state index in [4.69, 9.17) is 4.52 Å². The summed E-state index contributed by atoms with van der Waals surface area (Å²) < 4.78 is 20.1. The van der Waals surface area contributed by atoms with Gasteiger partial charge in [-0.05, 0) is 50.6 Å². The standard InChI is InChI=1S/C19H16FN3O2S/c1-10-12(3)26-18-16(10)19(24)23(9-21-18)8-15-11(2)17(25-22-15)13-4-6-14(20)7-5-13/h4-7,9H,8H2,1-3H3. The van der Waals surface area contributed by atoms with Gasteiger partial charge in [0.15, 0.2) is 5.76 Å². The van der Waals surface area contributed by atoms with Crippen LogP contribution in [0.2, 0.25) is 0 Å². The average molecular weight is 369 g/mol. The number of halogens is 1. The molecule has 7 heteroatoms. The highest BCUT2D eigenvalue weighted by atomic mass is 32.1. The van der Waals surface area contributed by atoms with E-state index in [1.807, 2.05) is 20.8 Å². The van der Waals surface area contributed by atoms with Crippen LogP contribution in [0.5, 0.6) is 0 Å². The molecule has 0 N–H and O–H groups in total. The summed E-state index contributed by atoms with van der Waals surface area (Å²) in [5.74, 6) is 0.267. The molecular weight excluding hydrogens is 353 g/mol. The number of hydrogen-bond donors (Lipinski definition) is 0. The van der Waals surface area contributed by atoms with E-state index < -0.39 is 0 Å². The van der Waals surface area contributed by atoms with E-state index in [-0.39, 0.29) is 17.9 Å². The van der Waals surface area contributed by atoms with Crippen molar-refractivity contribution in [2.75, 3.05) is 0 Å². The molecule has 0 aliphatic carbocycles. The summed E-state index contributed by atoms with van der Waals surface area (Å²) in [7, 11) is 0. The first kappa shape index (κ1) is 16.7. The van der Waals surface area contributed by atoms with Crippen LogP contribution in [0.25, 0.3) is 21.5 Å². The van der Waals surface area contributed by atoms with Crippen molar-refractivity contribution < 1.29 is 8.91 Å². The van der Waals surface area contributed by atoms with E-state index in [2.05, 4.69) is 10.1 Å². The summed E-state index contributed by atoms with van der Waals surface area (Å²) in [6.07, 6.45) is 1.55. The van der Waals surface area contributed by atoms with Crippen LogP contribution < -0.4 is 5.56 Å². The fraction of sp³-hybridized carbons (Fsp3) is 0.211. The number of rotatable bonds is 3. The van der Waals surface area contributed by atoms with Crippen molar-refractivity contribution in [2.45, 2.75) is 27.3 Å². The zero-order valence-electron chi connectivity index (χ0n) is 14.5. The van der Waals surface area contributed by atoms with Gasteiger partial charge < -0.3 is 4.52 Å². The minimum Gasteiger partial charge on any atom is -0.356 e. The summed E-state index contributed by atoms with van der Waals surface area (Å²) in [5.41, 5.74) is 3.11. The zero-order chi connectivity index (χ0) is 18.4. The molecule has 3 aromatic heterocycles. The van der Waals surface area contributed by atoms with E-state index in [0.29, 0.717) is 16.8 Å². The Balaban J connectivity index is 1.73. The molecule has 0 saturated carbocycles. The van der Waals surface area contributed by atoms with Crippen LogP contribution in [0.1, 0.15) is 21.7 Å². The summed E-state index contributed by atoms with van der Waals surface area (Å²) >= 11 is 1.52. The second kappa shape index (κ2) is 6.17. The van der Waals surface area contributed by atoms with Crippen LogP contribution in [-0.2, 0) is 6.54 Å². The van der Waals surface area contributed by atoms with Crippen molar-refractivity contribution in [3.63, 3.8) is 0 Å². The van der Waals surface area contributed by atoms with Gasteiger partial charge in [-0.25, -0.2) is 9.37 Å². The van der Waals surface area contributed by atoms with Crippen molar-refractivity contribution in [1.29, 1.82) is 0 Å². The molecule has 3 heterocycles. The first-order valence-electron chi connectivity index (χ1n) is 8.12. The third-order valence-corrected chi connectivity index (χ3v) is 5.72. The molecule has 0 amide bonds. The summed E-state index contributed by atoms with van der Waals surface area (Å²) in [4.78, 5) is 19.1. The van der Waals surface area contributed by atoms with Crippen molar-refractivity contribution in [3.05, 3.63) is 68.5 Å². The quantitative estimate of drug-likeness (QED) is 0.542. The Morgan fingerprint density at radius 1 is 1.15 bits per heavy atom. The first-order chi connectivity index (χ1) is 12.5. The van der Waals surface area contributed by atoms with Crippen LogP contribution in [0, 0.1) is 26.6 Å². The molecular formula is C19H16FN3O2S. The molecule has 4 aromatic rings. The number of nitrogens with zero attached hydrogens (tertiary/aromatic N) is 3. The number of benzene rings is 1. The summed E-state index contributed by atoms with van der Waals surface area (Å²) in [6.45, 7) is 6.08. The molecule has 1 aromatic carbocycles. The molecule has 0 atom stereocenters. The molecule has 5 nitrogen and oxygen atoms in total. The lowest BCUT2D eigenvalue weighted by Gasteiger charge is -2.04. The fourth-order valence-electron chi connectivity index (χ4n) is 2.93. The van der Waals surface area contributed by atoms with Crippen molar-refractivity contribution in [1.82, 2.24) is 14.7 Å². The Morgan fingerprint density at radius 2 is 1.88 bits per heavy atom. The van der Waals surface area contributed by atoms with Gasteiger partial charge in [0.25, 0.3) is 5.56 Å². The minimum atomic E-state index is -0.307. The molecule has 0 aliphatic heterocycles. The predicted molar refractivity (Wildman–Crippen MR) is 99.1 cm³/mol. The number of fused-ring (bicyclic) bond motifs is 1. The molecule has 0 aliphatic rings. The third-order valence-electron chi connectivity index (χ3n) is 4.60. The molecule has 0 spiro atoms. The zero-order valence-corrected chi connectivity index (χ0v) is 15.4. The van der Waals surface area contributed by atoms with Gasteiger partial charge in [-0.2, -0.15) is 0 Å². The van der Waals surface area contributed by atoms with Gasteiger partial charge in [-0.3, -0.25) is 9.36 Å². The topological polar surface area (TPSA) is 60.9 Å². The van der Waals surface area contributed by atoms with Crippen molar-refractivity contribution in [2.24, 2.45) is 0 Å². The van der Waals surface area contributed by atoms with E-state index in [0.717, 1.165) is 26.4 Å². The largest absolute Gasteiger partial charge is 0.356 e.